The van der Waals surface area contributed by atoms with Gasteiger partial charge in [0.05, 0.1) is 11.7 Å². The number of halogens is 1. The molecule has 1 aromatic carbocycles. The predicted octanol–water partition coefficient (Wildman–Crippen LogP) is 3.54. The molecule has 1 aromatic heterocycles. The van der Waals surface area contributed by atoms with Crippen molar-refractivity contribution in [2.75, 3.05) is 11.9 Å². The van der Waals surface area contributed by atoms with Crippen LogP contribution in [-0.2, 0) is 6.54 Å². The standard InChI is InChI=1S/C14H17FN2S/c1-10(14-4-3-7-18-14)17(2)13-6-5-11(9-16)8-12(13)15/h3-8,10H,9,16H2,1-2H3. The molecule has 2 rings (SSSR count). The van der Waals surface area contributed by atoms with E-state index in [0.29, 0.717) is 12.2 Å². The van der Waals surface area contributed by atoms with Crippen LogP contribution in [0.25, 0.3) is 0 Å². The van der Waals surface area contributed by atoms with E-state index in [1.807, 2.05) is 29.5 Å². The second-order valence-electron chi connectivity index (χ2n) is 4.29. The van der Waals surface area contributed by atoms with Gasteiger partial charge in [0.15, 0.2) is 0 Å². The Balaban J connectivity index is 2.26. The molecule has 18 heavy (non-hydrogen) atoms. The van der Waals surface area contributed by atoms with Crippen molar-refractivity contribution in [2.45, 2.75) is 19.5 Å². The van der Waals surface area contributed by atoms with Gasteiger partial charge in [0.2, 0.25) is 0 Å². The lowest BCUT2D eigenvalue weighted by Crippen LogP contribution is -2.22. The fourth-order valence-corrected chi connectivity index (χ4v) is 2.72. The molecule has 2 nitrogen and oxygen atoms in total. The fourth-order valence-electron chi connectivity index (χ4n) is 1.89. The van der Waals surface area contributed by atoms with Crippen molar-refractivity contribution < 1.29 is 4.39 Å². The topological polar surface area (TPSA) is 29.3 Å². The molecule has 0 aliphatic carbocycles. The highest BCUT2D eigenvalue weighted by Crippen LogP contribution is 2.30. The van der Waals surface area contributed by atoms with Crippen molar-refractivity contribution in [1.82, 2.24) is 0 Å². The van der Waals surface area contributed by atoms with Gasteiger partial charge in [-0.15, -0.1) is 11.3 Å². The first-order chi connectivity index (χ1) is 8.63. The molecule has 96 valence electrons. The molecule has 0 aliphatic rings. The molecule has 1 atom stereocenters. The van der Waals surface area contributed by atoms with Crippen LogP contribution in [0.5, 0.6) is 0 Å². The molecule has 1 unspecified atom stereocenters. The van der Waals surface area contributed by atoms with Gasteiger partial charge in [-0.05, 0) is 36.1 Å². The quantitative estimate of drug-likeness (QED) is 0.915. The monoisotopic (exact) mass is 264 g/mol. The number of nitrogens with zero attached hydrogens (tertiary/aromatic N) is 1. The second kappa shape index (κ2) is 5.50. The zero-order valence-corrected chi connectivity index (χ0v) is 11.4. The Bertz CT molecular complexity index is 511. The van der Waals surface area contributed by atoms with E-state index in [4.69, 9.17) is 5.73 Å². The first-order valence-electron chi connectivity index (χ1n) is 5.88. The molecule has 2 N–H and O–H groups in total. The third-order valence-corrected chi connectivity index (χ3v) is 4.21. The minimum atomic E-state index is -0.219. The van der Waals surface area contributed by atoms with Crippen molar-refractivity contribution in [1.29, 1.82) is 0 Å². The lowest BCUT2D eigenvalue weighted by Gasteiger charge is -2.26. The average molecular weight is 264 g/mol. The predicted molar refractivity (Wildman–Crippen MR) is 75.4 cm³/mol. The highest BCUT2D eigenvalue weighted by atomic mass is 32.1. The van der Waals surface area contributed by atoms with Gasteiger partial charge in [-0.2, -0.15) is 0 Å². The van der Waals surface area contributed by atoms with Crippen molar-refractivity contribution in [3.63, 3.8) is 0 Å². The zero-order valence-electron chi connectivity index (χ0n) is 10.6. The van der Waals surface area contributed by atoms with E-state index in [1.165, 1.54) is 10.9 Å². The van der Waals surface area contributed by atoms with Crippen LogP contribution < -0.4 is 10.6 Å². The first kappa shape index (κ1) is 13.1. The van der Waals surface area contributed by atoms with E-state index in [2.05, 4.69) is 13.0 Å². The van der Waals surface area contributed by atoms with Gasteiger partial charge in [-0.3, -0.25) is 0 Å². The van der Waals surface area contributed by atoms with E-state index in [1.54, 1.807) is 17.4 Å². The van der Waals surface area contributed by atoms with Crippen molar-refractivity contribution in [3.05, 3.63) is 52.0 Å². The van der Waals surface area contributed by atoms with Gasteiger partial charge < -0.3 is 10.6 Å². The summed E-state index contributed by atoms with van der Waals surface area (Å²) < 4.78 is 14.0. The van der Waals surface area contributed by atoms with Crippen LogP contribution >= 0.6 is 11.3 Å². The van der Waals surface area contributed by atoms with Crippen molar-refractivity contribution in [2.24, 2.45) is 5.73 Å². The lowest BCUT2D eigenvalue weighted by atomic mass is 10.1. The van der Waals surface area contributed by atoms with Gasteiger partial charge in [0.25, 0.3) is 0 Å². The summed E-state index contributed by atoms with van der Waals surface area (Å²) in [7, 11) is 1.91. The Kier molecular flexibility index (Phi) is 3.99. The van der Waals surface area contributed by atoms with Gasteiger partial charge >= 0.3 is 0 Å². The summed E-state index contributed by atoms with van der Waals surface area (Å²) in [4.78, 5) is 3.17. The van der Waals surface area contributed by atoms with Gasteiger partial charge in [-0.1, -0.05) is 12.1 Å². The molecule has 0 aliphatic heterocycles. The lowest BCUT2D eigenvalue weighted by molar-refractivity contribution is 0.611. The molecule has 4 heteroatoms. The summed E-state index contributed by atoms with van der Waals surface area (Å²) >= 11 is 1.68. The molecule has 0 fully saturated rings. The number of benzene rings is 1. The summed E-state index contributed by atoms with van der Waals surface area (Å²) in [6.45, 7) is 2.43. The van der Waals surface area contributed by atoms with Gasteiger partial charge in [0.1, 0.15) is 5.82 Å². The largest absolute Gasteiger partial charge is 0.365 e. The normalized spacial score (nSPS) is 12.4. The van der Waals surface area contributed by atoms with E-state index < -0.39 is 0 Å². The molecular formula is C14H17FN2S. The maximum Gasteiger partial charge on any atom is 0.146 e. The van der Waals surface area contributed by atoms with Crippen LogP contribution in [0.3, 0.4) is 0 Å². The van der Waals surface area contributed by atoms with Crippen LogP contribution in [0.4, 0.5) is 10.1 Å². The Morgan fingerprint density at radius 3 is 2.72 bits per heavy atom. The summed E-state index contributed by atoms with van der Waals surface area (Å²) in [6, 6.07) is 9.41. The SMILES string of the molecule is CC(c1cccs1)N(C)c1ccc(CN)cc1F. The third-order valence-electron chi connectivity index (χ3n) is 3.16. The minimum absolute atomic E-state index is 0.156. The summed E-state index contributed by atoms with van der Waals surface area (Å²) in [5.74, 6) is -0.219. The Morgan fingerprint density at radius 1 is 1.39 bits per heavy atom. The average Bonchev–Trinajstić information content (AvgIpc) is 2.90. The second-order valence-corrected chi connectivity index (χ2v) is 5.27. The first-order valence-corrected chi connectivity index (χ1v) is 6.76. The minimum Gasteiger partial charge on any atom is -0.365 e. The van der Waals surface area contributed by atoms with Crippen LogP contribution in [0.1, 0.15) is 23.4 Å². The molecule has 0 amide bonds. The molecule has 0 bridgehead atoms. The number of hydrogen-bond donors (Lipinski definition) is 1. The Hall–Kier alpha value is -1.39. The van der Waals surface area contributed by atoms with Gasteiger partial charge in [0, 0.05) is 18.5 Å². The van der Waals surface area contributed by atoms with E-state index in [9.17, 15) is 4.39 Å². The molecule has 0 radical (unpaired) electrons. The van der Waals surface area contributed by atoms with E-state index in [-0.39, 0.29) is 11.9 Å². The van der Waals surface area contributed by atoms with Crippen LogP contribution in [0, 0.1) is 5.82 Å². The molecule has 0 saturated heterocycles. The number of hydrogen-bond acceptors (Lipinski definition) is 3. The maximum atomic E-state index is 14.0. The number of rotatable bonds is 4. The summed E-state index contributed by atoms with van der Waals surface area (Å²) in [6.07, 6.45) is 0. The fraction of sp³-hybridized carbons (Fsp3) is 0.286. The van der Waals surface area contributed by atoms with Crippen LogP contribution in [-0.4, -0.2) is 7.05 Å². The van der Waals surface area contributed by atoms with Crippen LogP contribution in [0.15, 0.2) is 35.7 Å². The highest BCUT2D eigenvalue weighted by Gasteiger charge is 2.16. The summed E-state index contributed by atoms with van der Waals surface area (Å²) in [5.41, 5.74) is 6.92. The molecule has 0 spiro atoms. The van der Waals surface area contributed by atoms with E-state index >= 15 is 0 Å². The molecular weight excluding hydrogens is 247 g/mol. The van der Waals surface area contributed by atoms with Crippen molar-refractivity contribution in [3.8, 4) is 0 Å². The Labute approximate surface area is 111 Å². The zero-order chi connectivity index (χ0) is 13.1. The Morgan fingerprint density at radius 2 is 2.17 bits per heavy atom. The number of thiophene rings is 1. The number of anilines is 1. The molecule has 0 saturated carbocycles. The smallest absolute Gasteiger partial charge is 0.146 e. The van der Waals surface area contributed by atoms with Crippen LogP contribution in [0.2, 0.25) is 0 Å². The summed E-state index contributed by atoms with van der Waals surface area (Å²) in [5, 5.41) is 2.04. The maximum absolute atomic E-state index is 14.0. The molecule has 1 heterocycles. The molecule has 2 aromatic rings. The van der Waals surface area contributed by atoms with Crippen molar-refractivity contribution >= 4 is 17.0 Å². The number of nitrogens with two attached hydrogens (primary N) is 1. The third kappa shape index (κ3) is 2.54. The van der Waals surface area contributed by atoms with E-state index in [0.717, 1.165) is 5.56 Å². The van der Waals surface area contributed by atoms with Gasteiger partial charge in [-0.25, -0.2) is 4.39 Å². The highest BCUT2D eigenvalue weighted by molar-refractivity contribution is 7.10.